The van der Waals surface area contributed by atoms with Crippen LogP contribution in [0.1, 0.15) is 12.1 Å². The zero-order valence-corrected chi connectivity index (χ0v) is 11.8. The minimum atomic E-state index is -0.0896. The molecule has 3 aromatic heterocycles. The van der Waals surface area contributed by atoms with Gasteiger partial charge in [-0.05, 0) is 13.0 Å². The highest BCUT2D eigenvalue weighted by Crippen LogP contribution is 2.19. The Kier molecular flexibility index (Phi) is 3.35. The number of pyridine rings is 1. The van der Waals surface area contributed by atoms with Crippen LogP contribution < -0.4 is 5.32 Å². The molecule has 0 aliphatic heterocycles. The summed E-state index contributed by atoms with van der Waals surface area (Å²) in [6.45, 7) is 2.41. The number of hydrogen-bond acceptors (Lipinski definition) is 5. The predicted octanol–water partition coefficient (Wildman–Crippen LogP) is 0.897. The predicted molar refractivity (Wildman–Crippen MR) is 76.5 cm³/mol. The summed E-state index contributed by atoms with van der Waals surface area (Å²) in [5.74, 6) is -0.0896. The summed E-state index contributed by atoms with van der Waals surface area (Å²) in [5, 5.41) is 12.0. The Morgan fingerprint density at radius 3 is 3.05 bits per heavy atom. The second-order valence-corrected chi connectivity index (χ2v) is 4.76. The quantitative estimate of drug-likeness (QED) is 0.769. The first-order valence-corrected chi connectivity index (χ1v) is 6.55. The molecule has 0 unspecified atom stereocenters. The van der Waals surface area contributed by atoms with Crippen LogP contribution >= 0.6 is 0 Å². The number of aryl methyl sites for hydroxylation is 3. The van der Waals surface area contributed by atoms with Crippen LogP contribution in [0.25, 0.3) is 11.0 Å². The number of anilines is 1. The summed E-state index contributed by atoms with van der Waals surface area (Å²) >= 11 is 0. The average Bonchev–Trinajstić information content (AvgIpc) is 3.06. The molecule has 8 nitrogen and oxygen atoms in total. The number of nitrogens with one attached hydrogen (secondary N) is 1. The van der Waals surface area contributed by atoms with Crippen LogP contribution in [-0.2, 0) is 18.4 Å². The second-order valence-electron chi connectivity index (χ2n) is 4.76. The first-order valence-electron chi connectivity index (χ1n) is 6.55. The van der Waals surface area contributed by atoms with E-state index < -0.39 is 0 Å². The van der Waals surface area contributed by atoms with Crippen molar-refractivity contribution < 1.29 is 4.79 Å². The van der Waals surface area contributed by atoms with Crippen molar-refractivity contribution in [2.75, 3.05) is 5.32 Å². The lowest BCUT2D eigenvalue weighted by molar-refractivity contribution is -0.116. The lowest BCUT2D eigenvalue weighted by atomic mass is 10.2. The number of carbonyl (C=O) groups is 1. The van der Waals surface area contributed by atoms with E-state index in [1.807, 2.05) is 20.0 Å². The molecule has 0 radical (unpaired) electrons. The third-order valence-electron chi connectivity index (χ3n) is 3.18. The average molecular weight is 285 g/mol. The van der Waals surface area contributed by atoms with Gasteiger partial charge in [-0.25, -0.2) is 9.97 Å². The van der Waals surface area contributed by atoms with Crippen LogP contribution in [-0.4, -0.2) is 35.4 Å². The van der Waals surface area contributed by atoms with E-state index in [2.05, 4.69) is 25.5 Å². The molecule has 3 aromatic rings. The van der Waals surface area contributed by atoms with Gasteiger partial charge in [0.1, 0.15) is 12.7 Å². The van der Waals surface area contributed by atoms with Crippen molar-refractivity contribution >= 4 is 22.6 Å². The maximum absolute atomic E-state index is 11.9. The third kappa shape index (κ3) is 2.73. The van der Waals surface area contributed by atoms with Crippen LogP contribution in [0.5, 0.6) is 0 Å². The summed E-state index contributed by atoms with van der Waals surface area (Å²) in [5.41, 5.74) is 2.36. The van der Waals surface area contributed by atoms with Crippen LogP contribution in [0.4, 0.5) is 5.69 Å². The van der Waals surface area contributed by atoms with Crippen LogP contribution in [0.3, 0.4) is 0 Å². The van der Waals surface area contributed by atoms with Gasteiger partial charge in [0.05, 0.1) is 24.1 Å². The Balaban J connectivity index is 1.69. The minimum absolute atomic E-state index is 0.0896. The number of rotatable bonds is 4. The van der Waals surface area contributed by atoms with E-state index in [0.29, 0.717) is 18.7 Å². The van der Waals surface area contributed by atoms with E-state index in [4.69, 9.17) is 0 Å². The number of fused-ring (bicyclic) bond motifs is 1. The summed E-state index contributed by atoms with van der Waals surface area (Å²) in [6, 6.07) is 1.89. The number of amides is 1. The van der Waals surface area contributed by atoms with E-state index in [-0.39, 0.29) is 5.91 Å². The van der Waals surface area contributed by atoms with Crippen molar-refractivity contribution in [3.8, 4) is 0 Å². The molecule has 0 spiro atoms. The molecule has 0 bridgehead atoms. The third-order valence-corrected chi connectivity index (χ3v) is 3.18. The Bertz CT molecular complexity index is 775. The Morgan fingerprint density at radius 2 is 2.29 bits per heavy atom. The van der Waals surface area contributed by atoms with Crippen LogP contribution in [0.15, 0.2) is 24.9 Å². The Morgan fingerprint density at radius 1 is 1.43 bits per heavy atom. The number of carbonyl (C=O) groups excluding carboxylic acids is 1. The van der Waals surface area contributed by atoms with Gasteiger partial charge in [0, 0.05) is 18.9 Å². The fourth-order valence-corrected chi connectivity index (χ4v) is 2.16. The molecule has 3 heterocycles. The fourth-order valence-electron chi connectivity index (χ4n) is 2.16. The first kappa shape index (κ1) is 13.2. The van der Waals surface area contributed by atoms with Crippen molar-refractivity contribution in [2.45, 2.75) is 19.9 Å². The highest BCUT2D eigenvalue weighted by Gasteiger charge is 2.09. The number of aromatic nitrogens is 6. The second kappa shape index (κ2) is 5.31. The molecule has 0 saturated heterocycles. The van der Waals surface area contributed by atoms with Crippen molar-refractivity contribution in [1.29, 1.82) is 0 Å². The van der Waals surface area contributed by atoms with Crippen molar-refractivity contribution in [1.82, 2.24) is 29.5 Å². The number of nitrogens with zero attached hydrogens (tertiary/aromatic N) is 6. The molecule has 0 aromatic carbocycles. The van der Waals surface area contributed by atoms with Gasteiger partial charge in [-0.15, -0.1) is 0 Å². The van der Waals surface area contributed by atoms with E-state index in [1.54, 1.807) is 21.9 Å². The summed E-state index contributed by atoms with van der Waals surface area (Å²) in [6.07, 6.45) is 4.99. The number of hydrogen-bond donors (Lipinski definition) is 1. The van der Waals surface area contributed by atoms with Crippen molar-refractivity contribution in [3.05, 3.63) is 30.6 Å². The molecule has 0 saturated carbocycles. The fraction of sp³-hybridized carbons (Fsp3) is 0.308. The molecule has 21 heavy (non-hydrogen) atoms. The molecule has 3 rings (SSSR count). The van der Waals surface area contributed by atoms with Gasteiger partial charge >= 0.3 is 0 Å². The molecular weight excluding hydrogens is 270 g/mol. The van der Waals surface area contributed by atoms with E-state index >= 15 is 0 Å². The zero-order valence-electron chi connectivity index (χ0n) is 11.8. The zero-order chi connectivity index (χ0) is 14.8. The molecule has 1 amide bonds. The molecule has 8 heteroatoms. The lowest BCUT2D eigenvalue weighted by Crippen LogP contribution is -2.14. The summed E-state index contributed by atoms with van der Waals surface area (Å²) < 4.78 is 3.34. The maximum Gasteiger partial charge on any atom is 0.226 e. The molecule has 0 fully saturated rings. The largest absolute Gasteiger partial charge is 0.325 e. The molecule has 1 N–H and O–H groups in total. The van der Waals surface area contributed by atoms with Crippen LogP contribution in [0, 0.1) is 6.92 Å². The van der Waals surface area contributed by atoms with Gasteiger partial charge in [0.2, 0.25) is 5.91 Å². The smallest absolute Gasteiger partial charge is 0.226 e. The van der Waals surface area contributed by atoms with Gasteiger partial charge in [-0.1, -0.05) is 0 Å². The Hall–Kier alpha value is -2.77. The van der Waals surface area contributed by atoms with Gasteiger partial charge in [-0.3, -0.25) is 14.2 Å². The normalized spacial score (nSPS) is 11.0. The molecule has 0 aliphatic rings. The summed E-state index contributed by atoms with van der Waals surface area (Å²) in [7, 11) is 1.85. The topological polar surface area (TPSA) is 90.5 Å². The van der Waals surface area contributed by atoms with Crippen molar-refractivity contribution in [2.24, 2.45) is 7.05 Å². The maximum atomic E-state index is 11.9. The van der Waals surface area contributed by atoms with E-state index in [9.17, 15) is 4.79 Å². The van der Waals surface area contributed by atoms with Gasteiger partial charge in [0.15, 0.2) is 5.65 Å². The molecule has 108 valence electrons. The minimum Gasteiger partial charge on any atom is -0.325 e. The standard InChI is InChI=1S/C13H15N7O/c1-9-11-5-10(6-15-13(11)19(2)18-9)17-12(21)3-4-20-8-14-7-16-20/h5-8H,3-4H2,1-2H3,(H,17,21). The van der Waals surface area contributed by atoms with E-state index in [1.165, 1.54) is 6.33 Å². The van der Waals surface area contributed by atoms with E-state index in [0.717, 1.165) is 16.7 Å². The highest BCUT2D eigenvalue weighted by atomic mass is 16.1. The lowest BCUT2D eigenvalue weighted by Gasteiger charge is -2.05. The van der Waals surface area contributed by atoms with Gasteiger partial charge in [0.25, 0.3) is 0 Å². The van der Waals surface area contributed by atoms with Crippen LogP contribution in [0.2, 0.25) is 0 Å². The van der Waals surface area contributed by atoms with Gasteiger partial charge < -0.3 is 5.32 Å². The monoisotopic (exact) mass is 285 g/mol. The molecule has 0 aliphatic carbocycles. The molecule has 0 atom stereocenters. The van der Waals surface area contributed by atoms with Crippen molar-refractivity contribution in [3.63, 3.8) is 0 Å². The summed E-state index contributed by atoms with van der Waals surface area (Å²) in [4.78, 5) is 20.1. The van der Waals surface area contributed by atoms with Gasteiger partial charge in [-0.2, -0.15) is 10.2 Å². The first-order chi connectivity index (χ1) is 10.1. The highest BCUT2D eigenvalue weighted by molar-refractivity contribution is 5.93. The Labute approximate surface area is 120 Å². The molecular formula is C13H15N7O. The SMILES string of the molecule is Cc1nn(C)c2ncc(NC(=O)CCn3cncn3)cc12.